The Bertz CT molecular complexity index is 708. The summed E-state index contributed by atoms with van der Waals surface area (Å²) in [6.45, 7) is 0. The van der Waals surface area contributed by atoms with E-state index in [-0.39, 0.29) is 24.0 Å². The smallest absolute Gasteiger partial charge is 0.220 e. The van der Waals surface area contributed by atoms with Crippen LogP contribution in [0.2, 0.25) is 5.02 Å². The quantitative estimate of drug-likeness (QED) is 0.796. The van der Waals surface area contributed by atoms with E-state index in [4.69, 9.17) is 11.6 Å². The van der Waals surface area contributed by atoms with E-state index in [1.165, 1.54) is 5.56 Å². The van der Waals surface area contributed by atoms with Crippen LogP contribution in [0.15, 0.2) is 36.7 Å². The zero-order valence-electron chi connectivity index (χ0n) is 14.4. The molecule has 1 fully saturated rings. The third-order valence-corrected chi connectivity index (χ3v) is 5.06. The van der Waals surface area contributed by atoms with Crippen molar-refractivity contribution in [2.24, 2.45) is 13.0 Å². The van der Waals surface area contributed by atoms with Crippen LogP contribution in [0.5, 0.6) is 0 Å². The maximum atomic E-state index is 12.4. The van der Waals surface area contributed by atoms with E-state index in [0.717, 1.165) is 36.3 Å². The van der Waals surface area contributed by atoms with Gasteiger partial charge in [0.1, 0.15) is 0 Å². The summed E-state index contributed by atoms with van der Waals surface area (Å²) < 4.78 is 1.74. The molecule has 1 aromatic heterocycles. The summed E-state index contributed by atoms with van der Waals surface area (Å²) in [5.41, 5.74) is 2.19. The van der Waals surface area contributed by atoms with E-state index in [2.05, 4.69) is 10.4 Å². The highest BCUT2D eigenvalue weighted by atomic mass is 35.5. The fraction of sp³-hybridized carbons (Fsp3) is 0.474. The van der Waals surface area contributed by atoms with Crippen molar-refractivity contribution in [3.05, 3.63) is 52.8 Å². The van der Waals surface area contributed by atoms with Gasteiger partial charge in [0, 0.05) is 30.3 Å². The molecule has 1 saturated carbocycles. The van der Waals surface area contributed by atoms with Crippen molar-refractivity contribution in [2.45, 2.75) is 44.2 Å². The van der Waals surface area contributed by atoms with Crippen LogP contribution < -0.4 is 5.32 Å². The molecule has 0 aliphatic heterocycles. The average molecular weight is 362 g/mol. The first-order valence-electron chi connectivity index (χ1n) is 8.71. The lowest BCUT2D eigenvalue weighted by molar-refractivity contribution is -0.123. The Labute approximate surface area is 153 Å². The highest BCUT2D eigenvalue weighted by molar-refractivity contribution is 6.30. The number of hydrogen-bond donors (Lipinski definition) is 2. The molecular formula is C19H24ClN3O2. The molecule has 1 aromatic carbocycles. The van der Waals surface area contributed by atoms with Crippen LogP contribution in [-0.2, 0) is 18.3 Å². The fourth-order valence-corrected chi connectivity index (χ4v) is 3.45. The third-order valence-electron chi connectivity index (χ3n) is 4.80. The third kappa shape index (κ3) is 4.83. The highest BCUT2D eigenvalue weighted by Gasteiger charge is 2.36. The normalized spacial score (nSPS) is 20.8. The van der Waals surface area contributed by atoms with Crippen molar-refractivity contribution in [3.63, 3.8) is 0 Å². The number of nitrogens with one attached hydrogen (secondary N) is 1. The number of aryl methyl sites for hydroxylation is 2. The van der Waals surface area contributed by atoms with Gasteiger partial charge in [-0.25, -0.2) is 0 Å². The fourth-order valence-electron chi connectivity index (χ4n) is 3.33. The molecule has 0 bridgehead atoms. The van der Waals surface area contributed by atoms with Crippen molar-refractivity contribution >= 4 is 17.5 Å². The topological polar surface area (TPSA) is 67.2 Å². The van der Waals surface area contributed by atoms with Gasteiger partial charge in [0.2, 0.25) is 5.91 Å². The molecule has 6 heteroatoms. The average Bonchev–Trinajstić information content (AvgIpc) is 2.98. The van der Waals surface area contributed by atoms with Gasteiger partial charge in [-0.3, -0.25) is 9.48 Å². The summed E-state index contributed by atoms with van der Waals surface area (Å²) in [6, 6.07) is 7.66. The predicted octanol–water partition coefficient (Wildman–Crippen LogP) is 3.02. The lowest BCUT2D eigenvalue weighted by atomic mass is 9.75. The van der Waals surface area contributed by atoms with E-state index in [1.807, 2.05) is 37.5 Å². The van der Waals surface area contributed by atoms with Gasteiger partial charge in [-0.1, -0.05) is 23.7 Å². The second kappa shape index (κ2) is 8.02. The number of hydrogen-bond acceptors (Lipinski definition) is 3. The van der Waals surface area contributed by atoms with Crippen LogP contribution >= 0.6 is 11.6 Å². The lowest BCUT2D eigenvalue weighted by Gasteiger charge is -2.37. The first-order chi connectivity index (χ1) is 12.0. The molecule has 5 nitrogen and oxygen atoms in total. The molecule has 1 amide bonds. The molecule has 0 saturated heterocycles. The summed E-state index contributed by atoms with van der Waals surface area (Å²) >= 11 is 5.88. The predicted molar refractivity (Wildman–Crippen MR) is 97.2 cm³/mol. The minimum atomic E-state index is -0.244. The Morgan fingerprint density at radius 1 is 1.40 bits per heavy atom. The van der Waals surface area contributed by atoms with Gasteiger partial charge < -0.3 is 10.4 Å². The zero-order valence-corrected chi connectivity index (χ0v) is 15.1. The Hall–Kier alpha value is -1.85. The minimum absolute atomic E-state index is 0.0456. The SMILES string of the molecule is Cn1cc([C@@H](NC(=O)CCCc2ccc(Cl)cc2)C2CC(O)C2)cn1. The van der Waals surface area contributed by atoms with Crippen molar-refractivity contribution < 1.29 is 9.90 Å². The van der Waals surface area contributed by atoms with E-state index in [0.29, 0.717) is 6.42 Å². The van der Waals surface area contributed by atoms with Crippen LogP contribution in [0.4, 0.5) is 0 Å². The maximum Gasteiger partial charge on any atom is 0.220 e. The molecule has 0 spiro atoms. The number of rotatable bonds is 7. The summed E-state index contributed by atoms with van der Waals surface area (Å²) in [5.74, 6) is 0.323. The summed E-state index contributed by atoms with van der Waals surface area (Å²) in [4.78, 5) is 12.4. The highest BCUT2D eigenvalue weighted by Crippen LogP contribution is 2.38. The van der Waals surface area contributed by atoms with E-state index in [9.17, 15) is 9.90 Å². The number of nitrogens with zero attached hydrogens (tertiary/aromatic N) is 2. The number of amides is 1. The van der Waals surface area contributed by atoms with Gasteiger partial charge in [0.15, 0.2) is 0 Å². The second-order valence-corrected chi connectivity index (χ2v) is 7.29. The molecule has 1 aliphatic carbocycles. The molecule has 2 aromatic rings. The van der Waals surface area contributed by atoms with Gasteiger partial charge in [-0.2, -0.15) is 5.10 Å². The van der Waals surface area contributed by atoms with E-state index in [1.54, 1.807) is 10.9 Å². The Kier molecular flexibility index (Phi) is 5.76. The molecule has 0 radical (unpaired) electrons. The van der Waals surface area contributed by atoms with Gasteiger partial charge in [0.25, 0.3) is 0 Å². The number of aliphatic hydroxyl groups excluding tert-OH is 1. The van der Waals surface area contributed by atoms with Crippen LogP contribution in [0.1, 0.15) is 42.9 Å². The van der Waals surface area contributed by atoms with Crippen LogP contribution in [0, 0.1) is 5.92 Å². The molecule has 1 aliphatic rings. The van der Waals surface area contributed by atoms with Crippen LogP contribution in [-0.4, -0.2) is 26.9 Å². The largest absolute Gasteiger partial charge is 0.393 e. The van der Waals surface area contributed by atoms with Gasteiger partial charge in [-0.05, 0) is 49.3 Å². The van der Waals surface area contributed by atoms with E-state index >= 15 is 0 Å². The molecule has 3 rings (SSSR count). The number of halogens is 1. The molecular weight excluding hydrogens is 338 g/mol. The summed E-state index contributed by atoms with van der Waals surface area (Å²) in [6.07, 6.45) is 7.06. The van der Waals surface area contributed by atoms with Gasteiger partial charge >= 0.3 is 0 Å². The Morgan fingerprint density at radius 3 is 2.72 bits per heavy atom. The van der Waals surface area contributed by atoms with E-state index < -0.39 is 0 Å². The first kappa shape index (κ1) is 18.0. The van der Waals surface area contributed by atoms with Crippen molar-refractivity contribution in [2.75, 3.05) is 0 Å². The Balaban J connectivity index is 1.52. The number of benzene rings is 1. The van der Waals surface area contributed by atoms with Crippen molar-refractivity contribution in [1.29, 1.82) is 0 Å². The minimum Gasteiger partial charge on any atom is -0.393 e. The number of aromatic nitrogens is 2. The summed E-state index contributed by atoms with van der Waals surface area (Å²) in [7, 11) is 1.87. The zero-order chi connectivity index (χ0) is 17.8. The number of carbonyl (C=O) groups is 1. The van der Waals surface area contributed by atoms with Crippen LogP contribution in [0.3, 0.4) is 0 Å². The molecule has 25 heavy (non-hydrogen) atoms. The van der Waals surface area contributed by atoms with Crippen LogP contribution in [0.25, 0.3) is 0 Å². The Morgan fingerprint density at radius 2 is 2.12 bits per heavy atom. The van der Waals surface area contributed by atoms with Crippen molar-refractivity contribution in [1.82, 2.24) is 15.1 Å². The molecule has 0 unspecified atom stereocenters. The monoisotopic (exact) mass is 361 g/mol. The van der Waals surface area contributed by atoms with Crippen molar-refractivity contribution in [3.8, 4) is 0 Å². The summed E-state index contributed by atoms with van der Waals surface area (Å²) in [5, 5.41) is 17.7. The standard InChI is InChI=1S/C19H24ClN3O2/c1-23-12-15(11-21-23)19(14-9-17(24)10-14)22-18(25)4-2-3-13-5-7-16(20)8-6-13/h5-8,11-12,14,17,19,24H,2-4,9-10H2,1H3,(H,22,25)/t14?,17?,19-/m0/s1. The van der Waals surface area contributed by atoms with Gasteiger partial charge in [0.05, 0.1) is 18.3 Å². The second-order valence-electron chi connectivity index (χ2n) is 6.86. The lowest BCUT2D eigenvalue weighted by Crippen LogP contribution is -2.41. The molecule has 1 heterocycles. The number of aliphatic hydroxyl groups is 1. The first-order valence-corrected chi connectivity index (χ1v) is 9.09. The molecule has 2 N–H and O–H groups in total. The molecule has 1 atom stereocenters. The molecule has 134 valence electrons. The number of carbonyl (C=O) groups excluding carboxylic acids is 1. The van der Waals surface area contributed by atoms with Gasteiger partial charge in [-0.15, -0.1) is 0 Å². The maximum absolute atomic E-state index is 12.4.